The van der Waals surface area contributed by atoms with Gasteiger partial charge in [0.05, 0.1) is 0 Å². The molecule has 1 rings (SSSR count). The number of amides is 1. The van der Waals surface area contributed by atoms with Crippen molar-refractivity contribution in [1.82, 2.24) is 4.90 Å². The molecule has 0 aliphatic rings. The van der Waals surface area contributed by atoms with Crippen LogP contribution in [0.1, 0.15) is 25.3 Å². The number of rotatable bonds is 7. The van der Waals surface area contributed by atoms with Crippen LogP contribution in [0.5, 0.6) is 0 Å². The van der Waals surface area contributed by atoms with Gasteiger partial charge < -0.3 is 10.0 Å². The third-order valence-electron chi connectivity index (χ3n) is 3.11. The molecule has 0 heterocycles. The second kappa shape index (κ2) is 7.90. The standard InChI is InChI=1S/C15H20ClNO3/c1-11(9-12-5-3-6-13(16)10-12)15(20)17(2)8-4-7-14(18)19/h3,5-6,10-11H,4,7-9H2,1-2H3,(H,18,19). The molecular weight excluding hydrogens is 278 g/mol. The van der Waals surface area contributed by atoms with Crippen LogP contribution in [-0.2, 0) is 16.0 Å². The van der Waals surface area contributed by atoms with Crippen molar-refractivity contribution < 1.29 is 14.7 Å². The number of hydrogen-bond acceptors (Lipinski definition) is 2. The van der Waals surface area contributed by atoms with Crippen LogP contribution in [0.25, 0.3) is 0 Å². The molecule has 0 bridgehead atoms. The van der Waals surface area contributed by atoms with Gasteiger partial charge in [-0.1, -0.05) is 30.7 Å². The maximum absolute atomic E-state index is 12.2. The summed E-state index contributed by atoms with van der Waals surface area (Å²) in [5.41, 5.74) is 1.03. The molecule has 0 aromatic heterocycles. The van der Waals surface area contributed by atoms with E-state index in [1.807, 2.05) is 25.1 Å². The quantitative estimate of drug-likeness (QED) is 0.842. The van der Waals surface area contributed by atoms with E-state index in [1.54, 1.807) is 18.0 Å². The van der Waals surface area contributed by atoms with Crippen LogP contribution in [0, 0.1) is 5.92 Å². The largest absolute Gasteiger partial charge is 0.481 e. The topological polar surface area (TPSA) is 57.6 Å². The second-order valence-corrected chi connectivity index (χ2v) is 5.43. The average Bonchev–Trinajstić information content (AvgIpc) is 2.37. The minimum Gasteiger partial charge on any atom is -0.481 e. The van der Waals surface area contributed by atoms with Gasteiger partial charge in [-0.25, -0.2) is 0 Å². The molecule has 1 amide bonds. The van der Waals surface area contributed by atoms with Gasteiger partial charge in [-0.15, -0.1) is 0 Å². The first-order valence-electron chi connectivity index (χ1n) is 6.61. The highest BCUT2D eigenvalue weighted by Gasteiger charge is 2.18. The lowest BCUT2D eigenvalue weighted by Crippen LogP contribution is -2.33. The fourth-order valence-corrected chi connectivity index (χ4v) is 2.27. The highest BCUT2D eigenvalue weighted by Crippen LogP contribution is 2.15. The Morgan fingerprint density at radius 2 is 2.10 bits per heavy atom. The third kappa shape index (κ3) is 5.61. The Labute approximate surface area is 124 Å². The van der Waals surface area contributed by atoms with Gasteiger partial charge >= 0.3 is 5.97 Å². The van der Waals surface area contributed by atoms with Crippen molar-refractivity contribution in [2.24, 2.45) is 5.92 Å². The van der Waals surface area contributed by atoms with Crippen molar-refractivity contribution in [2.45, 2.75) is 26.2 Å². The lowest BCUT2D eigenvalue weighted by atomic mass is 10.00. The van der Waals surface area contributed by atoms with E-state index >= 15 is 0 Å². The Balaban J connectivity index is 2.47. The Bertz CT molecular complexity index is 476. The van der Waals surface area contributed by atoms with Crippen LogP contribution >= 0.6 is 11.6 Å². The molecule has 4 nitrogen and oxygen atoms in total. The van der Waals surface area contributed by atoms with Crippen molar-refractivity contribution >= 4 is 23.5 Å². The highest BCUT2D eigenvalue weighted by atomic mass is 35.5. The second-order valence-electron chi connectivity index (χ2n) is 4.99. The van der Waals surface area contributed by atoms with E-state index < -0.39 is 5.97 Å². The summed E-state index contributed by atoms with van der Waals surface area (Å²) in [6.07, 6.45) is 1.18. The van der Waals surface area contributed by atoms with Crippen molar-refractivity contribution in [3.8, 4) is 0 Å². The van der Waals surface area contributed by atoms with E-state index in [4.69, 9.17) is 16.7 Å². The summed E-state index contributed by atoms with van der Waals surface area (Å²) in [5, 5.41) is 9.24. The fourth-order valence-electron chi connectivity index (χ4n) is 2.06. The molecule has 1 aromatic carbocycles. The van der Waals surface area contributed by atoms with E-state index in [0.29, 0.717) is 24.4 Å². The van der Waals surface area contributed by atoms with Gasteiger partial charge in [0.2, 0.25) is 5.91 Å². The monoisotopic (exact) mass is 297 g/mol. The van der Waals surface area contributed by atoms with Gasteiger partial charge in [0.15, 0.2) is 0 Å². The van der Waals surface area contributed by atoms with E-state index in [0.717, 1.165) is 5.56 Å². The molecule has 5 heteroatoms. The summed E-state index contributed by atoms with van der Waals surface area (Å²) in [5.74, 6) is -0.962. The van der Waals surface area contributed by atoms with Crippen LogP contribution in [0.2, 0.25) is 5.02 Å². The summed E-state index contributed by atoms with van der Waals surface area (Å²) in [7, 11) is 1.71. The molecule has 1 N–H and O–H groups in total. The molecule has 1 aromatic rings. The molecule has 0 fully saturated rings. The summed E-state index contributed by atoms with van der Waals surface area (Å²) < 4.78 is 0. The number of carboxylic acid groups (broad SMARTS) is 1. The smallest absolute Gasteiger partial charge is 0.303 e. The third-order valence-corrected chi connectivity index (χ3v) is 3.35. The number of carboxylic acids is 1. The molecule has 110 valence electrons. The van der Waals surface area contributed by atoms with Gasteiger partial charge in [0, 0.05) is 31.0 Å². The summed E-state index contributed by atoms with van der Waals surface area (Å²) in [6, 6.07) is 7.47. The fraction of sp³-hybridized carbons (Fsp3) is 0.467. The summed E-state index contributed by atoms with van der Waals surface area (Å²) in [6.45, 7) is 2.34. The molecule has 0 saturated heterocycles. The minimum atomic E-state index is -0.835. The molecule has 0 aliphatic heterocycles. The number of nitrogens with zero attached hydrogens (tertiary/aromatic N) is 1. The predicted octanol–water partition coefficient (Wildman–Crippen LogP) is 2.84. The first-order valence-corrected chi connectivity index (χ1v) is 6.99. The maximum atomic E-state index is 12.2. The average molecular weight is 298 g/mol. The van der Waals surface area contributed by atoms with Crippen molar-refractivity contribution in [3.05, 3.63) is 34.9 Å². The van der Waals surface area contributed by atoms with Gasteiger partial charge in [-0.2, -0.15) is 0 Å². The van der Waals surface area contributed by atoms with E-state index in [1.165, 1.54) is 0 Å². The first kappa shape index (κ1) is 16.5. The zero-order valence-electron chi connectivity index (χ0n) is 11.8. The molecule has 0 radical (unpaired) electrons. The Hall–Kier alpha value is -1.55. The molecule has 1 atom stereocenters. The molecule has 0 aliphatic carbocycles. The lowest BCUT2D eigenvalue weighted by molar-refractivity contribution is -0.138. The number of hydrogen-bond donors (Lipinski definition) is 1. The molecule has 20 heavy (non-hydrogen) atoms. The van der Waals surface area contributed by atoms with Crippen LogP contribution in [0.15, 0.2) is 24.3 Å². The number of aliphatic carboxylic acids is 1. The van der Waals surface area contributed by atoms with E-state index in [2.05, 4.69) is 0 Å². The molecule has 1 unspecified atom stereocenters. The molecule has 0 spiro atoms. The molecular formula is C15H20ClNO3. The highest BCUT2D eigenvalue weighted by molar-refractivity contribution is 6.30. The SMILES string of the molecule is CC(Cc1cccc(Cl)c1)C(=O)N(C)CCCC(=O)O. The van der Waals surface area contributed by atoms with Crippen LogP contribution in [0.4, 0.5) is 0 Å². The Kier molecular flexibility index (Phi) is 6.52. The Morgan fingerprint density at radius 1 is 1.40 bits per heavy atom. The lowest BCUT2D eigenvalue weighted by Gasteiger charge is -2.21. The van der Waals surface area contributed by atoms with Gasteiger partial charge in [0.1, 0.15) is 0 Å². The Morgan fingerprint density at radius 3 is 2.70 bits per heavy atom. The maximum Gasteiger partial charge on any atom is 0.303 e. The summed E-state index contributed by atoms with van der Waals surface area (Å²) >= 11 is 5.92. The first-order chi connectivity index (χ1) is 9.40. The van der Waals surface area contributed by atoms with Crippen LogP contribution in [-0.4, -0.2) is 35.5 Å². The minimum absolute atomic E-state index is 0.0235. The number of carbonyl (C=O) groups is 2. The van der Waals surface area contributed by atoms with Crippen molar-refractivity contribution in [2.75, 3.05) is 13.6 Å². The van der Waals surface area contributed by atoms with Gasteiger partial charge in [-0.05, 0) is 30.5 Å². The van der Waals surface area contributed by atoms with Gasteiger partial charge in [-0.3, -0.25) is 9.59 Å². The van der Waals surface area contributed by atoms with Crippen LogP contribution in [0.3, 0.4) is 0 Å². The number of halogens is 1. The van der Waals surface area contributed by atoms with Crippen LogP contribution < -0.4 is 0 Å². The predicted molar refractivity (Wildman–Crippen MR) is 78.8 cm³/mol. The van der Waals surface area contributed by atoms with E-state index in [9.17, 15) is 9.59 Å². The number of carbonyl (C=O) groups excluding carboxylic acids is 1. The zero-order valence-corrected chi connectivity index (χ0v) is 12.6. The van der Waals surface area contributed by atoms with Gasteiger partial charge in [0.25, 0.3) is 0 Å². The zero-order chi connectivity index (χ0) is 15.1. The normalized spacial score (nSPS) is 11.9. The molecule has 0 saturated carbocycles. The van der Waals surface area contributed by atoms with Crippen molar-refractivity contribution in [1.29, 1.82) is 0 Å². The number of benzene rings is 1. The van der Waals surface area contributed by atoms with Crippen molar-refractivity contribution in [3.63, 3.8) is 0 Å². The van der Waals surface area contributed by atoms with E-state index in [-0.39, 0.29) is 18.2 Å². The summed E-state index contributed by atoms with van der Waals surface area (Å²) in [4.78, 5) is 24.2.